The lowest BCUT2D eigenvalue weighted by Crippen LogP contribution is -2.06. The third kappa shape index (κ3) is 3.00. The van der Waals surface area contributed by atoms with Crippen molar-refractivity contribution in [2.45, 2.75) is 27.2 Å². The van der Waals surface area contributed by atoms with Crippen LogP contribution >= 0.6 is 11.6 Å². The van der Waals surface area contributed by atoms with Gasteiger partial charge in [0.15, 0.2) is 0 Å². The van der Waals surface area contributed by atoms with Gasteiger partial charge in [0.05, 0.1) is 12.5 Å². The van der Waals surface area contributed by atoms with Crippen LogP contribution in [0.1, 0.15) is 27.2 Å². The molecular weight excluding hydrogens is 244 g/mol. The van der Waals surface area contributed by atoms with Crippen molar-refractivity contribution in [1.29, 1.82) is 0 Å². The molecule has 0 spiro atoms. The molecule has 1 aliphatic rings. The Morgan fingerprint density at radius 2 is 2.06 bits per heavy atom. The molecule has 0 amide bonds. The van der Waals surface area contributed by atoms with E-state index in [1.165, 1.54) is 6.08 Å². The minimum atomic E-state index is -0.859. The topological polar surface area (TPSA) is 63.6 Å². The van der Waals surface area contributed by atoms with Crippen LogP contribution in [0.5, 0.6) is 0 Å². The standard InChI is InChI=1S/C12H17ClO4/c1-4-5-17-11(16)8(13)6-7-9(10(14)15)12(7,2)3/h6-7,9H,4-5H2,1-3H3,(H,14,15)/b8-6-/t7-,9-/m1/s1. The summed E-state index contributed by atoms with van der Waals surface area (Å²) in [6.07, 6.45) is 2.22. The van der Waals surface area contributed by atoms with E-state index in [0.717, 1.165) is 6.42 Å². The van der Waals surface area contributed by atoms with Crippen LogP contribution in [0, 0.1) is 17.3 Å². The zero-order valence-corrected chi connectivity index (χ0v) is 11.0. The van der Waals surface area contributed by atoms with Gasteiger partial charge in [-0.2, -0.15) is 0 Å². The minimum Gasteiger partial charge on any atom is -0.481 e. The van der Waals surface area contributed by atoms with Crippen molar-refractivity contribution in [2.75, 3.05) is 6.61 Å². The van der Waals surface area contributed by atoms with Crippen molar-refractivity contribution in [3.05, 3.63) is 11.1 Å². The Bertz CT molecular complexity index is 360. The fourth-order valence-electron chi connectivity index (χ4n) is 1.95. The Balaban J connectivity index is 2.65. The Hall–Kier alpha value is -1.03. The van der Waals surface area contributed by atoms with E-state index in [1.807, 2.05) is 20.8 Å². The Labute approximate surface area is 106 Å². The summed E-state index contributed by atoms with van der Waals surface area (Å²) in [5.74, 6) is -2.13. The summed E-state index contributed by atoms with van der Waals surface area (Å²) in [6.45, 7) is 5.89. The number of aliphatic carboxylic acids is 1. The van der Waals surface area contributed by atoms with Crippen molar-refractivity contribution in [3.8, 4) is 0 Å². The third-order valence-corrected chi connectivity index (χ3v) is 3.42. The van der Waals surface area contributed by atoms with Gasteiger partial charge >= 0.3 is 11.9 Å². The van der Waals surface area contributed by atoms with Crippen LogP contribution in [0.4, 0.5) is 0 Å². The molecule has 96 valence electrons. The monoisotopic (exact) mass is 260 g/mol. The van der Waals surface area contributed by atoms with Crippen LogP contribution in [0.25, 0.3) is 0 Å². The zero-order chi connectivity index (χ0) is 13.2. The van der Waals surface area contributed by atoms with Crippen LogP contribution < -0.4 is 0 Å². The lowest BCUT2D eigenvalue weighted by molar-refractivity contribution is -0.140. The van der Waals surface area contributed by atoms with E-state index >= 15 is 0 Å². The van der Waals surface area contributed by atoms with E-state index in [0.29, 0.717) is 6.61 Å². The van der Waals surface area contributed by atoms with Gasteiger partial charge in [0.25, 0.3) is 0 Å². The van der Waals surface area contributed by atoms with Crippen molar-refractivity contribution in [2.24, 2.45) is 17.3 Å². The minimum absolute atomic E-state index is 0.0275. The summed E-state index contributed by atoms with van der Waals surface area (Å²) < 4.78 is 4.86. The molecule has 4 nitrogen and oxygen atoms in total. The summed E-state index contributed by atoms with van der Waals surface area (Å²) in [6, 6.07) is 0. The molecule has 0 aliphatic heterocycles. The Morgan fingerprint density at radius 3 is 2.47 bits per heavy atom. The van der Waals surface area contributed by atoms with Gasteiger partial charge < -0.3 is 9.84 Å². The van der Waals surface area contributed by atoms with Crippen molar-refractivity contribution in [3.63, 3.8) is 0 Å². The maximum Gasteiger partial charge on any atom is 0.349 e. The highest BCUT2D eigenvalue weighted by atomic mass is 35.5. The first-order valence-electron chi connectivity index (χ1n) is 5.59. The fourth-order valence-corrected chi connectivity index (χ4v) is 2.14. The van der Waals surface area contributed by atoms with Gasteiger partial charge in [0.1, 0.15) is 5.03 Å². The van der Waals surface area contributed by atoms with Gasteiger partial charge in [-0.25, -0.2) is 4.79 Å². The molecule has 0 aromatic carbocycles. The molecule has 5 heteroatoms. The number of hydrogen-bond acceptors (Lipinski definition) is 3. The quantitative estimate of drug-likeness (QED) is 0.609. The highest BCUT2D eigenvalue weighted by Crippen LogP contribution is 2.59. The average molecular weight is 261 g/mol. The molecule has 1 rings (SSSR count). The van der Waals surface area contributed by atoms with E-state index in [4.69, 9.17) is 21.4 Å². The number of halogens is 1. The van der Waals surface area contributed by atoms with E-state index in [1.54, 1.807) is 0 Å². The summed E-state index contributed by atoms with van der Waals surface area (Å²) >= 11 is 5.79. The molecule has 1 aliphatic carbocycles. The van der Waals surface area contributed by atoms with Gasteiger partial charge in [-0.05, 0) is 17.8 Å². The number of rotatable bonds is 5. The van der Waals surface area contributed by atoms with Gasteiger partial charge in [-0.15, -0.1) is 0 Å². The number of carboxylic acid groups (broad SMARTS) is 1. The fraction of sp³-hybridized carbons (Fsp3) is 0.667. The number of carboxylic acids is 1. The number of hydrogen-bond donors (Lipinski definition) is 1. The van der Waals surface area contributed by atoms with Crippen LogP contribution in [0.3, 0.4) is 0 Å². The van der Waals surface area contributed by atoms with E-state index < -0.39 is 17.9 Å². The zero-order valence-electron chi connectivity index (χ0n) is 10.2. The van der Waals surface area contributed by atoms with E-state index in [2.05, 4.69) is 0 Å². The second-order valence-electron chi connectivity index (χ2n) is 4.81. The van der Waals surface area contributed by atoms with Crippen molar-refractivity contribution >= 4 is 23.5 Å². The molecule has 0 bridgehead atoms. The average Bonchev–Trinajstić information content (AvgIpc) is 2.76. The second kappa shape index (κ2) is 5.08. The predicted molar refractivity (Wildman–Crippen MR) is 63.6 cm³/mol. The van der Waals surface area contributed by atoms with Crippen molar-refractivity contribution < 1.29 is 19.4 Å². The maximum absolute atomic E-state index is 11.4. The molecule has 0 saturated heterocycles. The SMILES string of the molecule is CCCOC(=O)/C(Cl)=C/[C@@H]1[C@H](C(=O)O)C1(C)C. The van der Waals surface area contributed by atoms with Crippen LogP contribution in [-0.4, -0.2) is 23.7 Å². The molecule has 0 heterocycles. The first-order chi connectivity index (χ1) is 7.82. The smallest absolute Gasteiger partial charge is 0.349 e. The molecule has 1 fully saturated rings. The maximum atomic E-state index is 11.4. The number of carbonyl (C=O) groups excluding carboxylic acids is 1. The molecule has 2 atom stereocenters. The first-order valence-corrected chi connectivity index (χ1v) is 5.97. The second-order valence-corrected chi connectivity index (χ2v) is 5.22. The van der Waals surface area contributed by atoms with Crippen LogP contribution in [-0.2, 0) is 14.3 Å². The molecule has 0 unspecified atom stereocenters. The van der Waals surface area contributed by atoms with E-state index in [-0.39, 0.29) is 16.4 Å². The lowest BCUT2D eigenvalue weighted by Gasteiger charge is -2.01. The number of ether oxygens (including phenoxy) is 1. The number of carbonyl (C=O) groups is 2. The predicted octanol–water partition coefficient (Wildman–Crippen LogP) is 2.42. The molecule has 1 N–H and O–H groups in total. The third-order valence-electron chi connectivity index (χ3n) is 3.13. The largest absolute Gasteiger partial charge is 0.481 e. The molecule has 0 aromatic rings. The van der Waals surface area contributed by atoms with Gasteiger partial charge in [-0.1, -0.05) is 38.4 Å². The number of esters is 1. The van der Waals surface area contributed by atoms with E-state index in [9.17, 15) is 9.59 Å². The molecule has 17 heavy (non-hydrogen) atoms. The molecule has 0 aromatic heterocycles. The molecule has 1 saturated carbocycles. The molecular formula is C12H17ClO4. The van der Waals surface area contributed by atoms with Gasteiger partial charge in [-0.3, -0.25) is 4.79 Å². The summed E-state index contributed by atoms with van der Waals surface area (Å²) in [5, 5.41) is 8.94. The summed E-state index contributed by atoms with van der Waals surface area (Å²) in [4.78, 5) is 22.3. The summed E-state index contributed by atoms with van der Waals surface area (Å²) in [7, 11) is 0. The van der Waals surface area contributed by atoms with Crippen molar-refractivity contribution in [1.82, 2.24) is 0 Å². The normalized spacial score (nSPS) is 26.5. The Morgan fingerprint density at radius 1 is 1.47 bits per heavy atom. The van der Waals surface area contributed by atoms with Gasteiger partial charge in [0, 0.05) is 0 Å². The highest BCUT2D eigenvalue weighted by Gasteiger charge is 2.61. The Kier molecular flexibility index (Phi) is 4.20. The van der Waals surface area contributed by atoms with Crippen LogP contribution in [0.2, 0.25) is 0 Å². The molecule has 0 radical (unpaired) electrons. The first kappa shape index (κ1) is 14.0. The number of allylic oxidation sites excluding steroid dienone is 1. The van der Waals surface area contributed by atoms with Gasteiger partial charge in [0.2, 0.25) is 0 Å². The van der Waals surface area contributed by atoms with Crippen LogP contribution in [0.15, 0.2) is 11.1 Å². The lowest BCUT2D eigenvalue weighted by atomic mass is 10.1. The summed E-state index contributed by atoms with van der Waals surface area (Å²) in [5.41, 5.74) is -0.350. The highest BCUT2D eigenvalue weighted by molar-refractivity contribution is 6.41.